The Balaban J connectivity index is 2.28. The van der Waals surface area contributed by atoms with Crippen LogP contribution in [0.3, 0.4) is 0 Å². The zero-order valence-electron chi connectivity index (χ0n) is 8.75. The van der Waals surface area contributed by atoms with E-state index in [1.165, 1.54) is 18.1 Å². The highest BCUT2D eigenvalue weighted by atomic mass is 16.5. The van der Waals surface area contributed by atoms with Gasteiger partial charge in [0, 0.05) is 6.92 Å². The Morgan fingerprint density at radius 2 is 2.21 bits per heavy atom. The Morgan fingerprint density at radius 3 is 2.86 bits per heavy atom. The van der Waals surface area contributed by atoms with Crippen molar-refractivity contribution in [2.75, 3.05) is 6.61 Å². The number of aryl methyl sites for hydroxylation is 2. The van der Waals surface area contributed by atoms with Crippen molar-refractivity contribution in [2.24, 2.45) is 0 Å². The minimum atomic E-state index is -0.200. The van der Waals surface area contributed by atoms with E-state index in [1.54, 1.807) is 0 Å². The molecule has 0 amide bonds. The van der Waals surface area contributed by atoms with Crippen LogP contribution >= 0.6 is 0 Å². The molecule has 0 heterocycles. The van der Waals surface area contributed by atoms with Gasteiger partial charge in [-0.05, 0) is 25.3 Å². The lowest BCUT2D eigenvalue weighted by atomic mass is 10.1. The molecule has 2 heteroatoms. The first-order chi connectivity index (χ1) is 6.68. The van der Waals surface area contributed by atoms with Gasteiger partial charge in [0.05, 0.1) is 6.61 Å². The van der Waals surface area contributed by atoms with Crippen LogP contribution in [-0.2, 0) is 16.0 Å². The topological polar surface area (TPSA) is 26.3 Å². The number of hydrogen-bond donors (Lipinski definition) is 0. The molecule has 14 heavy (non-hydrogen) atoms. The van der Waals surface area contributed by atoms with Crippen molar-refractivity contribution < 1.29 is 9.53 Å². The summed E-state index contributed by atoms with van der Waals surface area (Å²) < 4.78 is 4.85. The summed E-state index contributed by atoms with van der Waals surface area (Å²) in [5, 5.41) is 0. The van der Waals surface area contributed by atoms with Crippen molar-refractivity contribution in [3.8, 4) is 0 Å². The zero-order valence-corrected chi connectivity index (χ0v) is 8.75. The van der Waals surface area contributed by atoms with Crippen LogP contribution in [0.2, 0.25) is 0 Å². The molecule has 0 aliphatic carbocycles. The Kier molecular flexibility index (Phi) is 4.17. The maximum Gasteiger partial charge on any atom is 0.302 e. The Labute approximate surface area is 84.9 Å². The Hall–Kier alpha value is -1.31. The first-order valence-corrected chi connectivity index (χ1v) is 4.87. The van der Waals surface area contributed by atoms with E-state index < -0.39 is 0 Å². The number of rotatable bonds is 4. The zero-order chi connectivity index (χ0) is 10.4. The number of carbonyl (C=O) groups excluding carboxylic acids is 1. The van der Waals surface area contributed by atoms with Crippen molar-refractivity contribution in [2.45, 2.75) is 26.7 Å². The van der Waals surface area contributed by atoms with E-state index in [0.717, 1.165) is 12.8 Å². The monoisotopic (exact) mass is 192 g/mol. The summed E-state index contributed by atoms with van der Waals surface area (Å²) in [4.78, 5) is 10.5. The summed E-state index contributed by atoms with van der Waals surface area (Å²) in [6, 6.07) is 8.39. The lowest BCUT2D eigenvalue weighted by Crippen LogP contribution is -2.01. The number of ether oxygens (including phenoxy) is 1. The molecular formula is C12H16O2. The van der Waals surface area contributed by atoms with Gasteiger partial charge in [-0.25, -0.2) is 0 Å². The summed E-state index contributed by atoms with van der Waals surface area (Å²) in [7, 11) is 0. The normalized spacial score (nSPS) is 9.86. The van der Waals surface area contributed by atoms with E-state index in [0.29, 0.717) is 6.61 Å². The lowest BCUT2D eigenvalue weighted by molar-refractivity contribution is -0.141. The van der Waals surface area contributed by atoms with Gasteiger partial charge in [0.2, 0.25) is 0 Å². The number of carbonyl (C=O) groups is 1. The van der Waals surface area contributed by atoms with E-state index in [9.17, 15) is 4.79 Å². The van der Waals surface area contributed by atoms with Crippen LogP contribution in [0.25, 0.3) is 0 Å². The number of benzene rings is 1. The standard InChI is InChI=1S/C12H16O2/c1-10-5-3-6-12(9-10)7-4-8-14-11(2)13/h3,5-6,9H,4,7-8H2,1-2H3. The molecule has 0 radical (unpaired) electrons. The van der Waals surface area contributed by atoms with E-state index in [2.05, 4.69) is 31.2 Å². The van der Waals surface area contributed by atoms with Crippen molar-refractivity contribution in [1.29, 1.82) is 0 Å². The highest BCUT2D eigenvalue weighted by Crippen LogP contribution is 2.06. The minimum absolute atomic E-state index is 0.200. The molecule has 0 bridgehead atoms. The second kappa shape index (κ2) is 5.43. The Bertz CT molecular complexity index is 305. The molecule has 0 N–H and O–H groups in total. The first-order valence-electron chi connectivity index (χ1n) is 4.87. The molecule has 2 nitrogen and oxygen atoms in total. The predicted molar refractivity (Wildman–Crippen MR) is 56.1 cm³/mol. The summed E-state index contributed by atoms with van der Waals surface area (Å²) in [6.07, 6.45) is 1.86. The van der Waals surface area contributed by atoms with Crippen LogP contribution in [0.15, 0.2) is 24.3 Å². The van der Waals surface area contributed by atoms with Crippen LogP contribution < -0.4 is 0 Å². The van der Waals surface area contributed by atoms with Crippen LogP contribution in [-0.4, -0.2) is 12.6 Å². The van der Waals surface area contributed by atoms with Crippen LogP contribution in [0.5, 0.6) is 0 Å². The second-order valence-corrected chi connectivity index (χ2v) is 3.43. The molecule has 0 aliphatic heterocycles. The summed E-state index contributed by atoms with van der Waals surface area (Å²) in [5.41, 5.74) is 2.58. The average molecular weight is 192 g/mol. The highest BCUT2D eigenvalue weighted by Gasteiger charge is 1.95. The number of esters is 1. The van der Waals surface area contributed by atoms with Gasteiger partial charge in [-0.1, -0.05) is 29.8 Å². The molecule has 0 fully saturated rings. The first kappa shape index (κ1) is 10.8. The van der Waals surface area contributed by atoms with Gasteiger partial charge in [-0.3, -0.25) is 4.79 Å². The molecule has 1 rings (SSSR count). The van der Waals surface area contributed by atoms with Gasteiger partial charge >= 0.3 is 5.97 Å². The quantitative estimate of drug-likeness (QED) is 0.541. The Morgan fingerprint density at radius 1 is 1.43 bits per heavy atom. The van der Waals surface area contributed by atoms with Crippen molar-refractivity contribution in [1.82, 2.24) is 0 Å². The van der Waals surface area contributed by atoms with Gasteiger partial charge in [-0.15, -0.1) is 0 Å². The fourth-order valence-corrected chi connectivity index (χ4v) is 1.36. The van der Waals surface area contributed by atoms with Gasteiger partial charge in [0.25, 0.3) is 0 Å². The molecule has 76 valence electrons. The molecule has 0 spiro atoms. The summed E-state index contributed by atoms with van der Waals surface area (Å²) >= 11 is 0. The third-order valence-electron chi connectivity index (χ3n) is 2.00. The third-order valence-corrected chi connectivity index (χ3v) is 2.00. The van der Waals surface area contributed by atoms with Crippen molar-refractivity contribution >= 4 is 5.97 Å². The molecule has 0 saturated carbocycles. The van der Waals surface area contributed by atoms with Gasteiger partial charge in [0.1, 0.15) is 0 Å². The van der Waals surface area contributed by atoms with Crippen LogP contribution in [0, 0.1) is 6.92 Å². The smallest absolute Gasteiger partial charge is 0.302 e. The SMILES string of the molecule is CC(=O)OCCCc1cccc(C)c1. The van der Waals surface area contributed by atoms with E-state index in [1.807, 2.05) is 0 Å². The fraction of sp³-hybridized carbons (Fsp3) is 0.417. The number of hydrogen-bond acceptors (Lipinski definition) is 2. The molecular weight excluding hydrogens is 176 g/mol. The van der Waals surface area contributed by atoms with Crippen LogP contribution in [0.1, 0.15) is 24.5 Å². The molecule has 1 aromatic rings. The molecule has 0 unspecified atom stereocenters. The van der Waals surface area contributed by atoms with Crippen LogP contribution in [0.4, 0.5) is 0 Å². The van der Waals surface area contributed by atoms with Gasteiger partial charge in [0.15, 0.2) is 0 Å². The molecule has 1 aromatic carbocycles. The van der Waals surface area contributed by atoms with Crippen molar-refractivity contribution in [3.63, 3.8) is 0 Å². The van der Waals surface area contributed by atoms with E-state index in [4.69, 9.17) is 4.74 Å². The lowest BCUT2D eigenvalue weighted by Gasteiger charge is -2.03. The average Bonchev–Trinajstić information content (AvgIpc) is 2.12. The molecule has 0 aromatic heterocycles. The predicted octanol–water partition coefficient (Wildman–Crippen LogP) is 2.49. The van der Waals surface area contributed by atoms with Crippen molar-refractivity contribution in [3.05, 3.63) is 35.4 Å². The maximum absolute atomic E-state index is 10.5. The summed E-state index contributed by atoms with van der Waals surface area (Å²) in [6.45, 7) is 4.03. The third kappa shape index (κ3) is 4.08. The van der Waals surface area contributed by atoms with Gasteiger partial charge in [-0.2, -0.15) is 0 Å². The maximum atomic E-state index is 10.5. The molecule has 0 atom stereocenters. The van der Waals surface area contributed by atoms with E-state index >= 15 is 0 Å². The summed E-state index contributed by atoms with van der Waals surface area (Å²) in [5.74, 6) is -0.200. The fourth-order valence-electron chi connectivity index (χ4n) is 1.36. The molecule has 0 aliphatic rings. The molecule has 0 saturated heterocycles. The second-order valence-electron chi connectivity index (χ2n) is 3.43. The highest BCUT2D eigenvalue weighted by molar-refractivity contribution is 5.65. The van der Waals surface area contributed by atoms with E-state index in [-0.39, 0.29) is 5.97 Å². The minimum Gasteiger partial charge on any atom is -0.466 e. The largest absolute Gasteiger partial charge is 0.466 e. The van der Waals surface area contributed by atoms with Gasteiger partial charge < -0.3 is 4.74 Å².